The number of thioether (sulfide) groups is 1. The molecule has 4 nitrogen and oxygen atoms in total. The Morgan fingerprint density at radius 1 is 1.92 bits per heavy atom. The minimum absolute atomic E-state index is 0.356. The van der Waals surface area contributed by atoms with Gasteiger partial charge in [0.25, 0.3) is 5.91 Å². The first-order valence-electron chi connectivity index (χ1n) is 3.90. The zero-order chi connectivity index (χ0) is 8.97. The van der Waals surface area contributed by atoms with E-state index >= 15 is 0 Å². The van der Waals surface area contributed by atoms with E-state index in [4.69, 9.17) is 5.11 Å². The second-order valence-corrected chi connectivity index (χ2v) is 3.53. The van der Waals surface area contributed by atoms with Crippen molar-refractivity contribution in [3.63, 3.8) is 0 Å². The quantitative estimate of drug-likeness (QED) is 0.640. The van der Waals surface area contributed by atoms with E-state index in [1.54, 1.807) is 6.92 Å². The van der Waals surface area contributed by atoms with E-state index in [9.17, 15) is 4.79 Å². The van der Waals surface area contributed by atoms with Crippen LogP contribution in [0.3, 0.4) is 0 Å². The number of hydrogen-bond acceptors (Lipinski definition) is 4. The van der Waals surface area contributed by atoms with Gasteiger partial charge in [-0.1, -0.05) is 18.7 Å². The lowest BCUT2D eigenvalue weighted by Crippen LogP contribution is -2.36. The molecule has 1 amide bonds. The van der Waals surface area contributed by atoms with Crippen molar-refractivity contribution in [3.8, 4) is 0 Å². The summed E-state index contributed by atoms with van der Waals surface area (Å²) in [5.41, 5.74) is 0. The molecule has 0 aromatic heterocycles. The van der Waals surface area contributed by atoms with Gasteiger partial charge >= 0.3 is 0 Å². The number of aliphatic hydroxyl groups is 1. The zero-order valence-electron chi connectivity index (χ0n) is 6.91. The van der Waals surface area contributed by atoms with Crippen molar-refractivity contribution in [2.24, 2.45) is 4.99 Å². The van der Waals surface area contributed by atoms with Crippen molar-refractivity contribution < 1.29 is 9.90 Å². The fourth-order valence-electron chi connectivity index (χ4n) is 0.785. The Kier molecular flexibility index (Phi) is 3.55. The van der Waals surface area contributed by atoms with Crippen LogP contribution in [-0.4, -0.2) is 34.6 Å². The van der Waals surface area contributed by atoms with E-state index in [0.29, 0.717) is 11.6 Å². The maximum Gasteiger partial charge on any atom is 0.254 e. The van der Waals surface area contributed by atoms with Crippen LogP contribution in [0.5, 0.6) is 0 Å². The summed E-state index contributed by atoms with van der Waals surface area (Å²) in [5.74, 6) is 0.559. The van der Waals surface area contributed by atoms with Gasteiger partial charge in [-0.2, -0.15) is 0 Å². The highest BCUT2D eigenvalue weighted by Gasteiger charge is 2.16. The maximum atomic E-state index is 11.1. The number of hydrogen-bond donors (Lipinski definition) is 2. The Morgan fingerprint density at radius 3 is 3.17 bits per heavy atom. The Morgan fingerprint density at radius 2 is 2.67 bits per heavy atom. The Labute approximate surface area is 75.4 Å². The van der Waals surface area contributed by atoms with E-state index in [0.717, 1.165) is 12.3 Å². The normalized spacial score (nSPS) is 18.7. The fourth-order valence-corrected chi connectivity index (χ4v) is 1.52. The number of nitrogens with one attached hydrogen (secondary N) is 1. The van der Waals surface area contributed by atoms with Crippen LogP contribution < -0.4 is 5.32 Å². The minimum atomic E-state index is -0.908. The molecule has 68 valence electrons. The number of carbonyl (C=O) groups excluding carboxylic acids is 1. The highest BCUT2D eigenvalue weighted by Crippen LogP contribution is 2.08. The standard InChI is InChI=1S/C7H12N2O2S/c1-2-5(10)6(11)9-7-8-3-4-12-7/h5,10H,2-4H2,1H3,(H,8,9,11). The first-order chi connectivity index (χ1) is 5.74. The van der Waals surface area contributed by atoms with E-state index < -0.39 is 6.10 Å². The first kappa shape index (κ1) is 9.54. The molecule has 0 saturated heterocycles. The summed E-state index contributed by atoms with van der Waals surface area (Å²) in [5, 5.41) is 12.3. The Hall–Kier alpha value is -0.550. The summed E-state index contributed by atoms with van der Waals surface area (Å²) in [6, 6.07) is 0. The van der Waals surface area contributed by atoms with Crippen molar-refractivity contribution in [2.45, 2.75) is 19.4 Å². The predicted octanol–water partition coefficient (Wildman–Crippen LogP) is -0.0237. The van der Waals surface area contributed by atoms with Crippen LogP contribution in [0.25, 0.3) is 0 Å². The molecule has 5 heteroatoms. The maximum absolute atomic E-state index is 11.1. The average Bonchev–Trinajstić information content (AvgIpc) is 2.55. The molecule has 0 aliphatic carbocycles. The van der Waals surface area contributed by atoms with Crippen LogP contribution in [0.15, 0.2) is 4.99 Å². The smallest absolute Gasteiger partial charge is 0.254 e. The van der Waals surface area contributed by atoms with Gasteiger partial charge in [0.2, 0.25) is 0 Å². The molecule has 0 bridgehead atoms. The van der Waals surface area contributed by atoms with Gasteiger partial charge in [0.05, 0.1) is 6.54 Å². The lowest BCUT2D eigenvalue weighted by molar-refractivity contribution is -0.127. The zero-order valence-corrected chi connectivity index (χ0v) is 7.73. The number of rotatable bonds is 2. The summed E-state index contributed by atoms with van der Waals surface area (Å²) in [4.78, 5) is 15.1. The van der Waals surface area contributed by atoms with Crippen molar-refractivity contribution in [3.05, 3.63) is 0 Å². The van der Waals surface area contributed by atoms with Crippen molar-refractivity contribution >= 4 is 22.8 Å². The SMILES string of the molecule is CCC(O)C(=O)NC1=NCCS1. The van der Waals surface area contributed by atoms with Crippen LogP contribution in [0, 0.1) is 0 Å². The molecule has 1 unspecified atom stereocenters. The van der Waals surface area contributed by atoms with Gasteiger partial charge < -0.3 is 10.4 Å². The van der Waals surface area contributed by atoms with Crippen LogP contribution in [0.1, 0.15) is 13.3 Å². The molecule has 1 heterocycles. The second kappa shape index (κ2) is 4.47. The third-order valence-electron chi connectivity index (χ3n) is 1.50. The van der Waals surface area contributed by atoms with Crippen LogP contribution in [-0.2, 0) is 4.79 Å². The van der Waals surface area contributed by atoms with Gasteiger partial charge in [0.15, 0.2) is 5.17 Å². The minimum Gasteiger partial charge on any atom is -0.383 e. The Balaban J connectivity index is 2.35. The van der Waals surface area contributed by atoms with Crippen molar-refractivity contribution in [1.29, 1.82) is 0 Å². The fraction of sp³-hybridized carbons (Fsp3) is 0.714. The van der Waals surface area contributed by atoms with Crippen LogP contribution in [0.2, 0.25) is 0 Å². The third kappa shape index (κ3) is 2.49. The number of nitrogens with zero attached hydrogens (tertiary/aromatic N) is 1. The molecular formula is C7H12N2O2S. The largest absolute Gasteiger partial charge is 0.383 e. The van der Waals surface area contributed by atoms with E-state index in [-0.39, 0.29) is 5.91 Å². The number of aliphatic imine (C=N–C) groups is 1. The lowest BCUT2D eigenvalue weighted by Gasteiger charge is -2.07. The topological polar surface area (TPSA) is 61.7 Å². The molecular weight excluding hydrogens is 176 g/mol. The highest BCUT2D eigenvalue weighted by molar-refractivity contribution is 8.14. The summed E-state index contributed by atoms with van der Waals surface area (Å²) in [7, 11) is 0. The molecule has 0 radical (unpaired) electrons. The molecule has 0 saturated carbocycles. The van der Waals surface area contributed by atoms with Crippen molar-refractivity contribution in [1.82, 2.24) is 5.32 Å². The summed E-state index contributed by atoms with van der Waals surface area (Å²) in [6.07, 6.45) is -0.474. The second-order valence-electron chi connectivity index (χ2n) is 2.45. The molecule has 0 spiro atoms. The number of amidine groups is 1. The van der Waals surface area contributed by atoms with Crippen LogP contribution >= 0.6 is 11.8 Å². The molecule has 12 heavy (non-hydrogen) atoms. The number of carbonyl (C=O) groups is 1. The molecule has 0 aromatic rings. The van der Waals surface area contributed by atoms with E-state index in [1.807, 2.05) is 0 Å². The summed E-state index contributed by atoms with van der Waals surface area (Å²) in [6.45, 7) is 2.51. The highest BCUT2D eigenvalue weighted by atomic mass is 32.2. The predicted molar refractivity (Wildman–Crippen MR) is 49.2 cm³/mol. The monoisotopic (exact) mass is 188 g/mol. The first-order valence-corrected chi connectivity index (χ1v) is 4.88. The molecule has 1 rings (SSSR count). The van der Waals surface area contributed by atoms with Gasteiger partial charge in [-0.3, -0.25) is 9.79 Å². The summed E-state index contributed by atoms with van der Waals surface area (Å²) < 4.78 is 0. The Bertz CT molecular complexity index is 206. The van der Waals surface area contributed by atoms with Gasteiger partial charge in [0, 0.05) is 5.75 Å². The molecule has 1 atom stereocenters. The molecule has 1 aliphatic rings. The van der Waals surface area contributed by atoms with Crippen LogP contribution in [0.4, 0.5) is 0 Å². The molecule has 2 N–H and O–H groups in total. The summed E-state index contributed by atoms with van der Waals surface area (Å²) >= 11 is 1.51. The van der Waals surface area contributed by atoms with Gasteiger partial charge in [-0.15, -0.1) is 0 Å². The van der Waals surface area contributed by atoms with E-state index in [2.05, 4.69) is 10.3 Å². The average molecular weight is 188 g/mol. The molecule has 0 fully saturated rings. The number of amides is 1. The van der Waals surface area contributed by atoms with Gasteiger partial charge in [0.1, 0.15) is 6.10 Å². The number of aliphatic hydroxyl groups excluding tert-OH is 1. The molecule has 0 aromatic carbocycles. The van der Waals surface area contributed by atoms with Crippen molar-refractivity contribution in [2.75, 3.05) is 12.3 Å². The van der Waals surface area contributed by atoms with Gasteiger partial charge in [-0.25, -0.2) is 0 Å². The third-order valence-corrected chi connectivity index (χ3v) is 2.40. The van der Waals surface area contributed by atoms with E-state index in [1.165, 1.54) is 11.8 Å². The van der Waals surface area contributed by atoms with Gasteiger partial charge in [-0.05, 0) is 6.42 Å². The molecule has 1 aliphatic heterocycles. The lowest BCUT2D eigenvalue weighted by atomic mass is 10.3.